The number of nitrogens with zero attached hydrogens (tertiary/aromatic N) is 2. The Morgan fingerprint density at radius 2 is 1.95 bits per heavy atom. The predicted molar refractivity (Wildman–Crippen MR) is 87.8 cm³/mol. The Labute approximate surface area is 138 Å². The molecule has 1 fully saturated rings. The molecule has 4 nitrogen and oxygen atoms in total. The topological polar surface area (TPSA) is 43.8 Å². The zero-order chi connectivity index (χ0) is 15.6. The van der Waals surface area contributed by atoms with Crippen LogP contribution < -0.4 is 0 Å². The molecule has 0 bridgehead atoms. The normalized spacial score (nSPS) is 17.1. The van der Waals surface area contributed by atoms with Crippen LogP contribution >= 0.6 is 22.6 Å². The van der Waals surface area contributed by atoms with Gasteiger partial charge in [-0.1, -0.05) is 0 Å². The molecule has 1 N–H and O–H groups in total. The zero-order valence-corrected chi connectivity index (χ0v) is 14.4. The third-order valence-electron chi connectivity index (χ3n) is 3.43. The lowest BCUT2D eigenvalue weighted by molar-refractivity contribution is 0.0178. The fourth-order valence-corrected chi connectivity index (χ4v) is 3.05. The van der Waals surface area contributed by atoms with Gasteiger partial charge in [-0.2, -0.15) is 0 Å². The number of carbonyl (C=O) groups excluding carboxylic acids is 1. The highest BCUT2D eigenvalue weighted by atomic mass is 127. The van der Waals surface area contributed by atoms with Crippen molar-refractivity contribution in [3.8, 4) is 0 Å². The molecule has 0 aliphatic carbocycles. The van der Waals surface area contributed by atoms with Crippen LogP contribution in [0.25, 0.3) is 0 Å². The van der Waals surface area contributed by atoms with E-state index in [0.29, 0.717) is 25.2 Å². The van der Waals surface area contributed by atoms with Gasteiger partial charge in [-0.25, -0.2) is 4.39 Å². The summed E-state index contributed by atoms with van der Waals surface area (Å²) in [7, 11) is 0. The number of hydrogen-bond acceptors (Lipinski definition) is 3. The molecule has 21 heavy (non-hydrogen) atoms. The molecule has 1 heterocycles. The van der Waals surface area contributed by atoms with Gasteiger partial charge in [-0.3, -0.25) is 9.69 Å². The van der Waals surface area contributed by atoms with Gasteiger partial charge < -0.3 is 10.0 Å². The van der Waals surface area contributed by atoms with Crippen LogP contribution in [0.1, 0.15) is 24.2 Å². The minimum Gasteiger partial charge on any atom is -0.389 e. The number of benzene rings is 1. The fourth-order valence-electron chi connectivity index (χ4n) is 2.49. The molecule has 1 aromatic carbocycles. The number of aliphatic hydroxyl groups is 1. The molecule has 0 atom stereocenters. The minimum atomic E-state index is -0.732. The molecular formula is C15H20FIN2O2. The van der Waals surface area contributed by atoms with Crippen LogP contribution in [0, 0.1) is 9.39 Å². The summed E-state index contributed by atoms with van der Waals surface area (Å²) < 4.78 is 14.1. The molecule has 1 aliphatic heterocycles. The Morgan fingerprint density at radius 1 is 1.33 bits per heavy atom. The third-order valence-corrected chi connectivity index (χ3v) is 4.37. The maximum Gasteiger partial charge on any atom is 0.255 e. The van der Waals surface area contributed by atoms with Crippen LogP contribution in [-0.4, -0.2) is 59.1 Å². The number of rotatable bonds is 3. The van der Waals surface area contributed by atoms with Gasteiger partial charge in [-0.15, -0.1) is 0 Å². The van der Waals surface area contributed by atoms with Crippen LogP contribution in [0.2, 0.25) is 0 Å². The van der Waals surface area contributed by atoms with E-state index in [-0.39, 0.29) is 11.7 Å². The first-order valence-corrected chi connectivity index (χ1v) is 8.03. The molecule has 0 saturated carbocycles. The standard InChI is InChI=1S/C15H20FIN2O2/c1-15(2,21)10-18-5-7-19(8-6-18)14(20)12-9-11(16)3-4-13(12)17/h3-4,9,21H,5-8,10H2,1-2H3. The van der Waals surface area contributed by atoms with E-state index in [9.17, 15) is 14.3 Å². The van der Waals surface area contributed by atoms with Crippen molar-refractivity contribution in [2.24, 2.45) is 0 Å². The van der Waals surface area contributed by atoms with Crippen molar-refractivity contribution >= 4 is 28.5 Å². The molecule has 0 radical (unpaired) electrons. The van der Waals surface area contributed by atoms with Gasteiger partial charge in [0.25, 0.3) is 5.91 Å². The van der Waals surface area contributed by atoms with Gasteiger partial charge in [-0.05, 0) is 54.6 Å². The predicted octanol–water partition coefficient (Wildman–Crippen LogP) is 1.96. The van der Waals surface area contributed by atoms with Gasteiger partial charge in [0.05, 0.1) is 11.2 Å². The van der Waals surface area contributed by atoms with Crippen molar-refractivity contribution in [2.45, 2.75) is 19.4 Å². The largest absolute Gasteiger partial charge is 0.389 e. The van der Waals surface area contributed by atoms with Crippen molar-refractivity contribution in [3.05, 3.63) is 33.1 Å². The van der Waals surface area contributed by atoms with E-state index < -0.39 is 5.60 Å². The van der Waals surface area contributed by atoms with Crippen LogP contribution in [0.5, 0.6) is 0 Å². The molecule has 0 unspecified atom stereocenters. The number of amides is 1. The van der Waals surface area contributed by atoms with Gasteiger partial charge in [0.2, 0.25) is 0 Å². The lowest BCUT2D eigenvalue weighted by Gasteiger charge is -2.37. The lowest BCUT2D eigenvalue weighted by atomic mass is 10.1. The van der Waals surface area contributed by atoms with Gasteiger partial charge in [0, 0.05) is 36.3 Å². The van der Waals surface area contributed by atoms with Crippen molar-refractivity contribution in [1.29, 1.82) is 0 Å². The fraction of sp³-hybridized carbons (Fsp3) is 0.533. The second kappa shape index (κ2) is 6.58. The van der Waals surface area contributed by atoms with E-state index in [1.807, 2.05) is 0 Å². The second-order valence-corrected chi connectivity index (χ2v) is 7.17. The van der Waals surface area contributed by atoms with Crippen LogP contribution in [-0.2, 0) is 0 Å². The van der Waals surface area contributed by atoms with E-state index in [0.717, 1.165) is 16.7 Å². The Balaban J connectivity index is 1.99. The number of hydrogen-bond donors (Lipinski definition) is 1. The summed E-state index contributed by atoms with van der Waals surface area (Å²) in [5.41, 5.74) is -0.309. The molecule has 1 amide bonds. The molecule has 2 rings (SSSR count). The average molecular weight is 406 g/mol. The van der Waals surface area contributed by atoms with Gasteiger partial charge >= 0.3 is 0 Å². The maximum atomic E-state index is 13.3. The highest BCUT2D eigenvalue weighted by molar-refractivity contribution is 14.1. The molecular weight excluding hydrogens is 386 g/mol. The summed E-state index contributed by atoms with van der Waals surface area (Å²) >= 11 is 2.05. The van der Waals surface area contributed by atoms with Crippen LogP contribution in [0.4, 0.5) is 4.39 Å². The van der Waals surface area contributed by atoms with E-state index in [2.05, 4.69) is 27.5 Å². The molecule has 0 spiro atoms. The highest BCUT2D eigenvalue weighted by Gasteiger charge is 2.26. The van der Waals surface area contributed by atoms with Crippen molar-refractivity contribution in [2.75, 3.05) is 32.7 Å². The third kappa shape index (κ3) is 4.62. The van der Waals surface area contributed by atoms with Gasteiger partial charge in [0.1, 0.15) is 5.82 Å². The van der Waals surface area contributed by atoms with Crippen molar-refractivity contribution in [1.82, 2.24) is 9.80 Å². The first kappa shape index (κ1) is 16.6. The zero-order valence-electron chi connectivity index (χ0n) is 12.3. The molecule has 6 heteroatoms. The Hall–Kier alpha value is -0.730. The van der Waals surface area contributed by atoms with Crippen molar-refractivity contribution < 1.29 is 14.3 Å². The summed E-state index contributed by atoms with van der Waals surface area (Å²) in [6.45, 7) is 6.79. The molecule has 0 aromatic heterocycles. The molecule has 1 saturated heterocycles. The summed E-state index contributed by atoms with van der Waals surface area (Å²) in [5.74, 6) is -0.513. The van der Waals surface area contributed by atoms with E-state index in [1.165, 1.54) is 12.1 Å². The number of piperazine rings is 1. The summed E-state index contributed by atoms with van der Waals surface area (Å²) in [5, 5.41) is 9.83. The molecule has 116 valence electrons. The highest BCUT2D eigenvalue weighted by Crippen LogP contribution is 2.17. The number of halogens is 2. The van der Waals surface area contributed by atoms with Crippen LogP contribution in [0.3, 0.4) is 0 Å². The summed E-state index contributed by atoms with van der Waals surface area (Å²) in [6.07, 6.45) is 0. The number of β-amino-alcohol motifs (C(OH)–C–C–N with tert-alkyl or cyclic N) is 1. The lowest BCUT2D eigenvalue weighted by Crippen LogP contribution is -2.52. The first-order chi connectivity index (χ1) is 9.76. The summed E-state index contributed by atoms with van der Waals surface area (Å²) in [6, 6.07) is 4.28. The Kier molecular flexibility index (Phi) is 5.21. The Morgan fingerprint density at radius 3 is 2.52 bits per heavy atom. The molecule has 1 aromatic rings. The smallest absolute Gasteiger partial charge is 0.255 e. The minimum absolute atomic E-state index is 0.123. The Bertz CT molecular complexity index is 523. The van der Waals surface area contributed by atoms with E-state index in [1.54, 1.807) is 24.8 Å². The average Bonchev–Trinajstić information content (AvgIpc) is 2.40. The van der Waals surface area contributed by atoms with Gasteiger partial charge in [0.15, 0.2) is 0 Å². The quantitative estimate of drug-likeness (QED) is 0.781. The maximum absolute atomic E-state index is 13.3. The SMILES string of the molecule is CC(C)(O)CN1CCN(C(=O)c2cc(F)ccc2I)CC1. The van der Waals surface area contributed by atoms with Crippen LogP contribution in [0.15, 0.2) is 18.2 Å². The number of carbonyl (C=O) groups is 1. The second-order valence-electron chi connectivity index (χ2n) is 6.00. The van der Waals surface area contributed by atoms with E-state index >= 15 is 0 Å². The molecule has 1 aliphatic rings. The van der Waals surface area contributed by atoms with E-state index in [4.69, 9.17) is 0 Å². The first-order valence-electron chi connectivity index (χ1n) is 6.95. The summed E-state index contributed by atoms with van der Waals surface area (Å²) in [4.78, 5) is 16.3. The monoisotopic (exact) mass is 406 g/mol. The van der Waals surface area contributed by atoms with Crippen molar-refractivity contribution in [3.63, 3.8) is 0 Å².